The first-order valence-corrected chi connectivity index (χ1v) is 8.13. The number of fused-ring (bicyclic) bond motifs is 1. The number of hydrogen-bond acceptors (Lipinski definition) is 3. The van der Waals surface area contributed by atoms with E-state index < -0.39 is 14.6 Å². The van der Waals surface area contributed by atoms with Crippen LogP contribution in [0.3, 0.4) is 0 Å². The van der Waals surface area contributed by atoms with Crippen LogP contribution >= 0.6 is 0 Å². The molecule has 2 aliphatic rings. The maximum Gasteiger partial charge on any atom is 0.187 e. The van der Waals surface area contributed by atoms with Crippen molar-refractivity contribution in [2.75, 3.05) is 11.9 Å². The Balaban J connectivity index is 2.13. The molecule has 0 unspecified atom stereocenters. The highest BCUT2D eigenvalue weighted by Gasteiger charge is 2.48. The molecular formula is C14H19NO2S. The van der Waals surface area contributed by atoms with Gasteiger partial charge in [-0.05, 0) is 37.5 Å². The predicted molar refractivity (Wildman–Crippen MR) is 72.7 cm³/mol. The maximum atomic E-state index is 12.9. The Morgan fingerprint density at radius 1 is 1.17 bits per heavy atom. The van der Waals surface area contributed by atoms with Gasteiger partial charge in [-0.2, -0.15) is 0 Å². The standard InChI is InChI=1S/C14H19NO2S/c1-11-5-6-13-12(9-11)15-10-14(18(13,16)17)7-3-2-4-8-14/h5-6,9,15H,2-4,7-8,10H2,1H3. The lowest BCUT2D eigenvalue weighted by molar-refractivity contribution is 0.381. The molecule has 1 N–H and O–H groups in total. The Hall–Kier alpha value is -1.03. The summed E-state index contributed by atoms with van der Waals surface area (Å²) in [6, 6.07) is 5.59. The van der Waals surface area contributed by atoms with Crippen LogP contribution < -0.4 is 5.32 Å². The van der Waals surface area contributed by atoms with E-state index in [1.54, 1.807) is 6.07 Å². The molecule has 1 saturated carbocycles. The largest absolute Gasteiger partial charge is 0.382 e. The van der Waals surface area contributed by atoms with E-state index in [0.29, 0.717) is 11.4 Å². The summed E-state index contributed by atoms with van der Waals surface area (Å²) >= 11 is 0. The van der Waals surface area contributed by atoms with Crippen LogP contribution in [0, 0.1) is 6.92 Å². The summed E-state index contributed by atoms with van der Waals surface area (Å²) in [5, 5.41) is 3.34. The molecule has 1 fully saturated rings. The third-order valence-corrected chi connectivity index (χ3v) is 6.99. The molecule has 1 aliphatic heterocycles. The average Bonchev–Trinajstić information content (AvgIpc) is 2.36. The second kappa shape index (κ2) is 3.98. The molecule has 0 aromatic heterocycles. The van der Waals surface area contributed by atoms with Gasteiger partial charge >= 0.3 is 0 Å². The fourth-order valence-electron chi connectivity index (χ4n) is 3.24. The highest BCUT2D eigenvalue weighted by molar-refractivity contribution is 7.93. The Labute approximate surface area is 109 Å². The van der Waals surface area contributed by atoms with Crippen LogP contribution in [0.1, 0.15) is 37.7 Å². The van der Waals surface area contributed by atoms with E-state index in [0.717, 1.165) is 43.4 Å². The lowest BCUT2D eigenvalue weighted by atomic mass is 9.88. The minimum atomic E-state index is -3.18. The van der Waals surface area contributed by atoms with Gasteiger partial charge in [-0.3, -0.25) is 0 Å². The minimum absolute atomic E-state index is 0.501. The molecule has 0 radical (unpaired) electrons. The van der Waals surface area contributed by atoms with Gasteiger partial charge in [-0.25, -0.2) is 8.42 Å². The van der Waals surface area contributed by atoms with Crippen molar-refractivity contribution >= 4 is 15.5 Å². The molecule has 1 spiro atoms. The highest BCUT2D eigenvalue weighted by atomic mass is 32.2. The molecule has 1 heterocycles. The van der Waals surface area contributed by atoms with E-state index in [1.807, 2.05) is 19.1 Å². The second-order valence-electron chi connectivity index (χ2n) is 5.60. The molecule has 0 saturated heterocycles. The van der Waals surface area contributed by atoms with Gasteiger partial charge < -0.3 is 5.32 Å². The van der Waals surface area contributed by atoms with Gasteiger partial charge in [-0.1, -0.05) is 25.3 Å². The number of rotatable bonds is 0. The van der Waals surface area contributed by atoms with Crippen molar-refractivity contribution in [3.05, 3.63) is 23.8 Å². The zero-order valence-electron chi connectivity index (χ0n) is 10.7. The number of nitrogens with one attached hydrogen (secondary N) is 1. The Kier molecular flexibility index (Phi) is 2.66. The normalized spacial score (nSPS) is 24.3. The first-order chi connectivity index (χ1) is 8.55. The van der Waals surface area contributed by atoms with Crippen molar-refractivity contribution in [3.63, 3.8) is 0 Å². The summed E-state index contributed by atoms with van der Waals surface area (Å²) < 4.78 is 25.2. The van der Waals surface area contributed by atoms with E-state index in [2.05, 4.69) is 5.32 Å². The molecule has 0 atom stereocenters. The van der Waals surface area contributed by atoms with Crippen molar-refractivity contribution in [2.45, 2.75) is 48.7 Å². The quantitative estimate of drug-likeness (QED) is 0.784. The van der Waals surface area contributed by atoms with Gasteiger partial charge in [0.2, 0.25) is 0 Å². The second-order valence-corrected chi connectivity index (χ2v) is 7.91. The fraction of sp³-hybridized carbons (Fsp3) is 0.571. The molecule has 1 aromatic rings. The van der Waals surface area contributed by atoms with Crippen molar-refractivity contribution < 1.29 is 8.42 Å². The average molecular weight is 265 g/mol. The van der Waals surface area contributed by atoms with Crippen LogP contribution in [0.4, 0.5) is 5.69 Å². The smallest absolute Gasteiger partial charge is 0.187 e. The molecule has 18 heavy (non-hydrogen) atoms. The van der Waals surface area contributed by atoms with Crippen molar-refractivity contribution in [2.24, 2.45) is 0 Å². The summed E-state index contributed by atoms with van der Waals surface area (Å²) in [4.78, 5) is 0.501. The number of sulfone groups is 1. The number of benzene rings is 1. The predicted octanol–water partition coefficient (Wildman–Crippen LogP) is 2.90. The van der Waals surface area contributed by atoms with Crippen LogP contribution in [0.5, 0.6) is 0 Å². The van der Waals surface area contributed by atoms with Crippen molar-refractivity contribution in [1.82, 2.24) is 0 Å². The summed E-state index contributed by atoms with van der Waals surface area (Å²) in [5.74, 6) is 0. The molecule has 1 aliphatic carbocycles. The van der Waals surface area contributed by atoms with Gasteiger partial charge in [0.1, 0.15) is 0 Å². The van der Waals surface area contributed by atoms with E-state index in [4.69, 9.17) is 0 Å². The molecule has 0 amide bonds. The number of aryl methyl sites for hydroxylation is 1. The first-order valence-electron chi connectivity index (χ1n) is 6.64. The van der Waals surface area contributed by atoms with Gasteiger partial charge in [0, 0.05) is 6.54 Å². The van der Waals surface area contributed by atoms with E-state index in [9.17, 15) is 8.42 Å². The molecule has 0 bridgehead atoms. The molecule has 3 rings (SSSR count). The molecule has 1 aromatic carbocycles. The van der Waals surface area contributed by atoms with Crippen LogP contribution in [-0.2, 0) is 9.84 Å². The number of anilines is 1. The van der Waals surface area contributed by atoms with Crippen molar-refractivity contribution in [3.8, 4) is 0 Å². The third kappa shape index (κ3) is 1.58. The summed E-state index contributed by atoms with van der Waals surface area (Å²) in [5.41, 5.74) is 1.88. The van der Waals surface area contributed by atoms with E-state index >= 15 is 0 Å². The van der Waals surface area contributed by atoms with E-state index in [-0.39, 0.29) is 0 Å². The lowest BCUT2D eigenvalue weighted by Gasteiger charge is -2.40. The molecular weight excluding hydrogens is 246 g/mol. The maximum absolute atomic E-state index is 12.9. The zero-order chi connectivity index (χ0) is 12.8. The van der Waals surface area contributed by atoms with Gasteiger partial charge in [0.05, 0.1) is 15.3 Å². The molecule has 4 heteroatoms. The summed E-state index contributed by atoms with van der Waals surface area (Å²) in [6.07, 6.45) is 4.83. The van der Waals surface area contributed by atoms with Gasteiger partial charge in [0.25, 0.3) is 0 Å². The fourth-order valence-corrected chi connectivity index (χ4v) is 5.47. The third-order valence-electron chi connectivity index (χ3n) is 4.36. The van der Waals surface area contributed by atoms with Gasteiger partial charge in [0.15, 0.2) is 9.84 Å². The highest BCUT2D eigenvalue weighted by Crippen LogP contribution is 2.44. The Morgan fingerprint density at radius 2 is 1.89 bits per heavy atom. The van der Waals surface area contributed by atoms with E-state index in [1.165, 1.54) is 0 Å². The minimum Gasteiger partial charge on any atom is -0.382 e. The molecule has 3 nitrogen and oxygen atoms in total. The topological polar surface area (TPSA) is 46.2 Å². The van der Waals surface area contributed by atoms with Crippen LogP contribution in [0.25, 0.3) is 0 Å². The Morgan fingerprint density at radius 3 is 2.61 bits per heavy atom. The summed E-state index contributed by atoms with van der Waals surface area (Å²) in [7, 11) is -3.18. The van der Waals surface area contributed by atoms with Gasteiger partial charge in [-0.15, -0.1) is 0 Å². The van der Waals surface area contributed by atoms with Crippen molar-refractivity contribution in [1.29, 1.82) is 0 Å². The van der Waals surface area contributed by atoms with Crippen LogP contribution in [0.2, 0.25) is 0 Å². The SMILES string of the molecule is Cc1ccc2c(c1)NCC1(CCCCC1)S2(=O)=O. The van der Waals surface area contributed by atoms with Crippen LogP contribution in [-0.4, -0.2) is 19.7 Å². The monoisotopic (exact) mass is 265 g/mol. The lowest BCUT2D eigenvalue weighted by Crippen LogP contribution is -2.49. The zero-order valence-corrected chi connectivity index (χ0v) is 11.5. The first kappa shape index (κ1) is 12.0. The Bertz CT molecular complexity index is 571. The number of hydrogen-bond donors (Lipinski definition) is 1. The molecule has 98 valence electrons. The summed E-state index contributed by atoms with van der Waals surface area (Å²) in [6.45, 7) is 2.56. The van der Waals surface area contributed by atoms with Crippen LogP contribution in [0.15, 0.2) is 23.1 Å².